The van der Waals surface area contributed by atoms with Crippen LogP contribution < -0.4 is 103 Å². The number of halogens is 5. The molecule has 0 unspecified atom stereocenters. The van der Waals surface area contributed by atoms with Gasteiger partial charge in [0.1, 0.15) is 0 Å². The van der Waals surface area contributed by atoms with Gasteiger partial charge in [0, 0.05) is 0 Å². The van der Waals surface area contributed by atoms with Crippen LogP contribution in [0.2, 0.25) is 0 Å². The second-order valence-electron chi connectivity index (χ2n) is 0.476. The van der Waals surface area contributed by atoms with Gasteiger partial charge in [-0.25, -0.2) is 0 Å². The molecule has 0 aliphatic rings. The summed E-state index contributed by atoms with van der Waals surface area (Å²) in [6, 6.07) is 0. The van der Waals surface area contributed by atoms with Crippen LogP contribution in [0.3, 0.4) is 0 Å². The summed E-state index contributed by atoms with van der Waals surface area (Å²) < 4.78 is 0. The zero-order valence-corrected chi connectivity index (χ0v) is 16.4. The first-order valence-corrected chi connectivity index (χ1v) is 11.2. The molecular formula is H2Cl5K2ORh. The van der Waals surface area contributed by atoms with E-state index in [0.717, 1.165) is 0 Å². The van der Waals surface area contributed by atoms with Crippen molar-refractivity contribution >= 4 is 48.5 Å². The van der Waals surface area contributed by atoms with Gasteiger partial charge >= 0.3 is 160 Å². The van der Waals surface area contributed by atoms with Gasteiger partial charge in [0.25, 0.3) is 0 Å². The predicted octanol–water partition coefficient (Wildman–Crippen LogP) is -3.37. The molecule has 54 valence electrons. The average Bonchev–Trinajstić information content (AvgIpc) is 0.650. The van der Waals surface area contributed by atoms with Crippen LogP contribution in [0, 0.1) is 0 Å². The van der Waals surface area contributed by atoms with Crippen LogP contribution in [-0.2, 0) is 8.65 Å². The molecule has 9 heteroatoms. The van der Waals surface area contributed by atoms with Crippen LogP contribution in [0.5, 0.6) is 0 Å². The topological polar surface area (TPSA) is 31.5 Å². The maximum absolute atomic E-state index is 5.02. The van der Waals surface area contributed by atoms with Crippen molar-refractivity contribution in [2.24, 2.45) is 0 Å². The minimum atomic E-state index is -4.04. The molecule has 2 N–H and O–H groups in total. The van der Waals surface area contributed by atoms with Gasteiger partial charge in [-0.2, -0.15) is 0 Å². The first-order valence-electron chi connectivity index (χ1n) is 0.630. The molecule has 0 fully saturated rings. The van der Waals surface area contributed by atoms with Gasteiger partial charge in [0.2, 0.25) is 0 Å². The standard InChI is InChI=1S/5ClH.2K.H2O.Rh/h5*1H;;;1H2;/q;;;;;2*+1;;+3/p-5. The van der Waals surface area contributed by atoms with E-state index < -0.39 is 8.65 Å². The van der Waals surface area contributed by atoms with Crippen LogP contribution in [0.1, 0.15) is 0 Å². The molecule has 0 rings (SSSR count). The molecule has 0 aliphatic heterocycles. The fourth-order valence-electron chi connectivity index (χ4n) is 0. The first-order chi connectivity index (χ1) is 2.24. The molecule has 0 saturated heterocycles. The van der Waals surface area contributed by atoms with Crippen LogP contribution in [0.15, 0.2) is 0 Å². The molecule has 0 amide bonds. The molecule has 9 heavy (non-hydrogen) atoms. The van der Waals surface area contributed by atoms with E-state index in [-0.39, 0.29) is 108 Å². The molecule has 0 spiro atoms. The van der Waals surface area contributed by atoms with Crippen LogP contribution in [0.4, 0.5) is 0 Å². The maximum atomic E-state index is 5.02. The summed E-state index contributed by atoms with van der Waals surface area (Å²) in [6.45, 7) is 0. The summed E-state index contributed by atoms with van der Waals surface area (Å²) in [7, 11) is 21.0. The third-order valence-corrected chi connectivity index (χ3v) is 0. The summed E-state index contributed by atoms with van der Waals surface area (Å²) in [5.74, 6) is 0. The van der Waals surface area contributed by atoms with E-state index in [2.05, 4.69) is 0 Å². The van der Waals surface area contributed by atoms with E-state index in [4.69, 9.17) is 48.5 Å². The van der Waals surface area contributed by atoms with Gasteiger partial charge in [-0.1, -0.05) is 0 Å². The monoisotopic (exact) mass is 374 g/mol. The summed E-state index contributed by atoms with van der Waals surface area (Å²) in [4.78, 5) is 0. The van der Waals surface area contributed by atoms with Crippen molar-refractivity contribution < 1.29 is 117 Å². The largest absolute Gasteiger partial charge is 1.00 e. The Morgan fingerprint density at radius 3 is 0.667 bits per heavy atom. The number of hydrogen-bond donors (Lipinski definition) is 0. The van der Waals surface area contributed by atoms with Gasteiger partial charge in [0.15, 0.2) is 0 Å². The normalized spacial score (nSPS) is 12.8. The molecule has 0 aliphatic carbocycles. The van der Waals surface area contributed by atoms with Crippen molar-refractivity contribution in [2.75, 3.05) is 0 Å². The van der Waals surface area contributed by atoms with Gasteiger partial charge < -0.3 is 5.48 Å². The Kier molecular flexibility index (Phi) is 22.8. The fraction of sp³-hybridized carbons (Fsp3) is 0. The molecule has 0 atom stereocenters. The minimum absolute atomic E-state index is 0. The van der Waals surface area contributed by atoms with E-state index in [9.17, 15) is 0 Å². The molecule has 0 aromatic rings. The molecule has 0 radical (unpaired) electrons. The smallest absolute Gasteiger partial charge is 1.00 e. The maximum Gasteiger partial charge on any atom is 1.00 e. The van der Waals surface area contributed by atoms with Crippen LogP contribution in [-0.4, -0.2) is 5.48 Å². The fourth-order valence-corrected chi connectivity index (χ4v) is 0. The summed E-state index contributed by atoms with van der Waals surface area (Å²) in [5, 5.41) is 0. The van der Waals surface area contributed by atoms with Crippen molar-refractivity contribution in [3.8, 4) is 0 Å². The number of rotatable bonds is 0. The third-order valence-electron chi connectivity index (χ3n) is 0. The summed E-state index contributed by atoms with van der Waals surface area (Å²) in [6.07, 6.45) is 0. The summed E-state index contributed by atoms with van der Waals surface area (Å²) >= 11 is 0. The van der Waals surface area contributed by atoms with E-state index >= 15 is 0 Å². The van der Waals surface area contributed by atoms with E-state index in [1.807, 2.05) is 0 Å². The van der Waals surface area contributed by atoms with Crippen molar-refractivity contribution in [3.63, 3.8) is 0 Å². The Morgan fingerprint density at radius 2 is 0.667 bits per heavy atom. The van der Waals surface area contributed by atoms with Gasteiger partial charge in [-0.3, -0.25) is 0 Å². The second-order valence-corrected chi connectivity index (χ2v) is 25.4. The predicted molar refractivity (Wildman–Crippen MR) is 32.9 cm³/mol. The van der Waals surface area contributed by atoms with Crippen molar-refractivity contribution in [3.05, 3.63) is 0 Å². The Balaban J connectivity index is -0.0000000417. The molecule has 0 heterocycles. The van der Waals surface area contributed by atoms with Gasteiger partial charge in [0.05, 0.1) is 0 Å². The molecule has 1 nitrogen and oxygen atoms in total. The zero-order chi connectivity index (χ0) is 5.45. The Hall–Kier alpha value is 5.31. The first kappa shape index (κ1) is 23.8. The molecule has 0 bridgehead atoms. The second kappa shape index (κ2) is 8.60. The third kappa shape index (κ3) is 60.4. The minimum Gasteiger partial charge on any atom is 1.00 e. The van der Waals surface area contributed by atoms with Crippen molar-refractivity contribution in [1.82, 2.24) is 0 Å². The van der Waals surface area contributed by atoms with Gasteiger partial charge in [-0.15, -0.1) is 0 Å². The average molecular weight is 376 g/mol. The Bertz CT molecular complexity index is 48.1. The Labute approximate surface area is 160 Å². The SMILES string of the molecule is O.[Cl][Rh-2]([Cl])([Cl])([Cl])[Cl].[K+].[K+]. The summed E-state index contributed by atoms with van der Waals surface area (Å²) in [5.41, 5.74) is 0. The molecule has 0 aromatic carbocycles. The van der Waals surface area contributed by atoms with Crippen LogP contribution in [0.25, 0.3) is 0 Å². The number of hydrogen-bond acceptors (Lipinski definition) is 0. The zero-order valence-electron chi connectivity index (χ0n) is 4.72. The van der Waals surface area contributed by atoms with E-state index in [1.54, 1.807) is 0 Å². The quantitative estimate of drug-likeness (QED) is 0.396. The van der Waals surface area contributed by atoms with Crippen molar-refractivity contribution in [1.29, 1.82) is 0 Å². The molecule has 0 saturated carbocycles. The Morgan fingerprint density at radius 1 is 0.667 bits per heavy atom. The molecule has 0 aromatic heterocycles. The van der Waals surface area contributed by atoms with Gasteiger partial charge in [-0.05, 0) is 0 Å². The van der Waals surface area contributed by atoms with E-state index in [1.165, 1.54) is 0 Å². The van der Waals surface area contributed by atoms with Crippen LogP contribution >= 0.6 is 48.5 Å². The molecular weight excluding hydrogens is 374 g/mol. The van der Waals surface area contributed by atoms with E-state index in [0.29, 0.717) is 0 Å². The van der Waals surface area contributed by atoms with Crippen molar-refractivity contribution in [2.45, 2.75) is 0 Å².